The van der Waals surface area contributed by atoms with Gasteiger partial charge in [0.1, 0.15) is 0 Å². The van der Waals surface area contributed by atoms with Gasteiger partial charge in [-0.2, -0.15) is 0 Å². The number of carbonyl (C=O) groups excluding carboxylic acids is 2. The van der Waals surface area contributed by atoms with Crippen molar-refractivity contribution < 1.29 is 14.3 Å². The highest BCUT2D eigenvalue weighted by atomic mass is 32.1. The molecule has 0 spiro atoms. The number of ether oxygens (including phenoxy) is 1. The van der Waals surface area contributed by atoms with Gasteiger partial charge in [-0.25, -0.2) is 4.99 Å². The number of dihydropyridines is 1. The van der Waals surface area contributed by atoms with Crippen molar-refractivity contribution in [2.24, 2.45) is 10.9 Å². The summed E-state index contributed by atoms with van der Waals surface area (Å²) in [6.07, 6.45) is 3.67. The molecular weight excluding hydrogens is 422 g/mol. The summed E-state index contributed by atoms with van der Waals surface area (Å²) in [5.74, 6) is -0.838. The molecule has 0 saturated carbocycles. The Morgan fingerprint density at radius 3 is 2.81 bits per heavy atom. The van der Waals surface area contributed by atoms with Gasteiger partial charge in [0.2, 0.25) is 0 Å². The number of aliphatic imine (C=N–C) groups is 1. The molecule has 32 heavy (non-hydrogen) atoms. The number of nitrogens with one attached hydrogen (secondary N) is 1. The van der Waals surface area contributed by atoms with E-state index in [0.717, 1.165) is 27.2 Å². The van der Waals surface area contributed by atoms with Gasteiger partial charge in [-0.15, -0.1) is 11.3 Å². The third-order valence-corrected chi connectivity index (χ3v) is 6.69. The standard InChI is InChI=1S/C25H27N3O3S/c1-15-11-16(2)27-25(30)22(15)13-26-24(29)21-12-19-7-5-9-28(19)23(17(21)3)18(4)31-14-20-8-6-10-32-20/h5-12,18,22H,13-14H2,1-4H3,(H,26,29). The van der Waals surface area contributed by atoms with E-state index in [1.54, 1.807) is 18.3 Å². The maximum atomic E-state index is 13.1. The van der Waals surface area contributed by atoms with Gasteiger partial charge >= 0.3 is 0 Å². The Kier molecular flexibility index (Phi) is 6.39. The lowest BCUT2D eigenvalue weighted by atomic mass is 9.95. The molecule has 1 aliphatic rings. The monoisotopic (exact) mass is 449 g/mol. The first-order valence-corrected chi connectivity index (χ1v) is 11.5. The van der Waals surface area contributed by atoms with Crippen molar-refractivity contribution in [1.29, 1.82) is 0 Å². The van der Waals surface area contributed by atoms with Crippen LogP contribution in [0.4, 0.5) is 0 Å². The lowest BCUT2D eigenvalue weighted by molar-refractivity contribution is -0.120. The number of rotatable bonds is 7. The van der Waals surface area contributed by atoms with Crippen molar-refractivity contribution >= 4 is 34.4 Å². The molecule has 1 aliphatic heterocycles. The summed E-state index contributed by atoms with van der Waals surface area (Å²) in [5, 5.41) is 4.98. The van der Waals surface area contributed by atoms with Crippen LogP contribution >= 0.6 is 11.3 Å². The minimum absolute atomic E-state index is 0.204. The van der Waals surface area contributed by atoms with Crippen molar-refractivity contribution in [2.75, 3.05) is 6.54 Å². The fourth-order valence-electron chi connectivity index (χ4n) is 4.17. The van der Waals surface area contributed by atoms with Crippen LogP contribution in [-0.4, -0.2) is 28.5 Å². The number of hydrogen-bond donors (Lipinski definition) is 1. The van der Waals surface area contributed by atoms with Crippen LogP contribution in [0, 0.1) is 12.8 Å². The number of hydrogen-bond acceptors (Lipinski definition) is 4. The molecule has 0 saturated heterocycles. The number of fused-ring (bicyclic) bond motifs is 1. The Morgan fingerprint density at radius 1 is 1.28 bits per heavy atom. The molecule has 0 bridgehead atoms. The largest absolute Gasteiger partial charge is 0.367 e. The zero-order valence-electron chi connectivity index (χ0n) is 18.7. The highest BCUT2D eigenvalue weighted by molar-refractivity contribution is 7.09. The molecule has 0 aromatic carbocycles. The van der Waals surface area contributed by atoms with Gasteiger partial charge < -0.3 is 14.5 Å². The molecule has 7 heteroatoms. The van der Waals surface area contributed by atoms with Gasteiger partial charge in [0.25, 0.3) is 11.8 Å². The van der Waals surface area contributed by atoms with E-state index in [9.17, 15) is 9.59 Å². The minimum atomic E-state index is -0.424. The summed E-state index contributed by atoms with van der Waals surface area (Å²) in [7, 11) is 0. The summed E-state index contributed by atoms with van der Waals surface area (Å²) in [4.78, 5) is 30.6. The maximum absolute atomic E-state index is 13.1. The van der Waals surface area contributed by atoms with Crippen LogP contribution in [-0.2, 0) is 16.1 Å². The Labute approximate surface area is 191 Å². The molecule has 4 rings (SSSR count). The van der Waals surface area contributed by atoms with Crippen molar-refractivity contribution in [3.05, 3.63) is 75.3 Å². The summed E-state index contributed by atoms with van der Waals surface area (Å²) in [5.41, 5.74) is 4.93. The normalized spacial score (nSPS) is 17.2. The van der Waals surface area contributed by atoms with Gasteiger partial charge in [0.05, 0.1) is 24.3 Å². The maximum Gasteiger partial charge on any atom is 0.254 e. The molecule has 0 fully saturated rings. The highest BCUT2D eigenvalue weighted by Crippen LogP contribution is 2.28. The van der Waals surface area contributed by atoms with Crippen molar-refractivity contribution in [3.8, 4) is 0 Å². The molecule has 2 unspecified atom stereocenters. The highest BCUT2D eigenvalue weighted by Gasteiger charge is 2.25. The molecule has 6 nitrogen and oxygen atoms in total. The zero-order chi connectivity index (χ0) is 22.8. The lowest BCUT2D eigenvalue weighted by Gasteiger charge is -2.22. The number of thiophene rings is 1. The van der Waals surface area contributed by atoms with E-state index in [4.69, 9.17) is 4.74 Å². The number of aromatic nitrogens is 1. The van der Waals surface area contributed by atoms with Crippen LogP contribution in [0.5, 0.6) is 0 Å². The average molecular weight is 450 g/mol. The summed E-state index contributed by atoms with van der Waals surface area (Å²) < 4.78 is 8.22. The smallest absolute Gasteiger partial charge is 0.254 e. The predicted octanol–water partition coefficient (Wildman–Crippen LogP) is 4.88. The van der Waals surface area contributed by atoms with Gasteiger partial charge in [-0.3, -0.25) is 9.59 Å². The number of pyridine rings is 1. The number of allylic oxidation sites excluding steroid dienone is 1. The molecule has 1 N–H and O–H groups in total. The summed E-state index contributed by atoms with van der Waals surface area (Å²) >= 11 is 1.66. The lowest BCUT2D eigenvalue weighted by Crippen LogP contribution is -2.35. The molecule has 0 aliphatic carbocycles. The summed E-state index contributed by atoms with van der Waals surface area (Å²) in [6.45, 7) is 8.39. The van der Waals surface area contributed by atoms with Crippen LogP contribution in [0.1, 0.15) is 53.4 Å². The fourth-order valence-corrected chi connectivity index (χ4v) is 4.80. The SMILES string of the molecule is CC1=CC(C)=NC(=O)C1CNC(=O)c1cc2cccn2c(C(C)OCc2cccs2)c1C. The van der Waals surface area contributed by atoms with E-state index < -0.39 is 5.92 Å². The minimum Gasteiger partial charge on any atom is -0.367 e. The fraction of sp³-hybridized carbons (Fsp3) is 0.320. The van der Waals surface area contributed by atoms with Crippen LogP contribution in [0.3, 0.4) is 0 Å². The molecule has 3 aromatic rings. The van der Waals surface area contributed by atoms with E-state index in [1.807, 2.05) is 68.8 Å². The van der Waals surface area contributed by atoms with Gasteiger partial charge in [0, 0.05) is 34.4 Å². The second-order valence-corrected chi connectivity index (χ2v) is 9.18. The Balaban J connectivity index is 1.56. The molecule has 3 aromatic heterocycles. The first kappa shape index (κ1) is 22.2. The summed E-state index contributed by atoms with van der Waals surface area (Å²) in [6, 6.07) is 9.87. The first-order valence-electron chi connectivity index (χ1n) is 10.6. The molecular formula is C25H27N3O3S. The third-order valence-electron chi connectivity index (χ3n) is 5.84. The zero-order valence-corrected chi connectivity index (χ0v) is 19.5. The van der Waals surface area contributed by atoms with E-state index >= 15 is 0 Å². The van der Waals surface area contributed by atoms with Crippen LogP contribution in [0.25, 0.3) is 5.52 Å². The Bertz CT molecular complexity index is 1220. The quantitative estimate of drug-likeness (QED) is 0.559. The third kappa shape index (κ3) is 4.45. The van der Waals surface area contributed by atoms with E-state index in [-0.39, 0.29) is 24.5 Å². The van der Waals surface area contributed by atoms with Crippen LogP contribution < -0.4 is 5.32 Å². The number of amides is 2. The number of carbonyl (C=O) groups is 2. The molecule has 2 amide bonds. The molecule has 0 radical (unpaired) electrons. The van der Waals surface area contributed by atoms with E-state index in [2.05, 4.69) is 14.7 Å². The van der Waals surface area contributed by atoms with Crippen molar-refractivity contribution in [3.63, 3.8) is 0 Å². The molecule has 4 heterocycles. The van der Waals surface area contributed by atoms with Crippen molar-refractivity contribution in [1.82, 2.24) is 9.72 Å². The Morgan fingerprint density at radius 2 is 2.09 bits per heavy atom. The second-order valence-electron chi connectivity index (χ2n) is 8.15. The van der Waals surface area contributed by atoms with E-state index in [0.29, 0.717) is 17.9 Å². The Hall–Kier alpha value is -3.03. The second kappa shape index (κ2) is 9.22. The van der Waals surface area contributed by atoms with E-state index in [1.165, 1.54) is 0 Å². The van der Waals surface area contributed by atoms with Gasteiger partial charge in [0.15, 0.2) is 0 Å². The average Bonchev–Trinajstić information content (AvgIpc) is 3.42. The number of nitrogens with zero attached hydrogens (tertiary/aromatic N) is 2. The molecule has 166 valence electrons. The molecule has 2 atom stereocenters. The van der Waals surface area contributed by atoms with Gasteiger partial charge in [-0.05, 0) is 69.0 Å². The van der Waals surface area contributed by atoms with Gasteiger partial charge in [-0.1, -0.05) is 11.6 Å². The van der Waals surface area contributed by atoms with Crippen LogP contribution in [0.15, 0.2) is 58.6 Å². The first-order chi connectivity index (χ1) is 15.3. The van der Waals surface area contributed by atoms with Crippen LogP contribution in [0.2, 0.25) is 0 Å². The van der Waals surface area contributed by atoms with Crippen molar-refractivity contribution in [2.45, 2.75) is 40.4 Å². The topological polar surface area (TPSA) is 72.2 Å². The predicted molar refractivity (Wildman–Crippen MR) is 127 cm³/mol.